The SMILES string of the molecule is C[I-]N1CCc2cc(C(=O)c3cccc(C(=O)NN)c3)ccc21. The first-order valence-corrected chi connectivity index (χ1v) is 10.3. The summed E-state index contributed by atoms with van der Waals surface area (Å²) >= 11 is 0.0227. The van der Waals surface area contributed by atoms with E-state index in [0.717, 1.165) is 13.0 Å². The third-order valence-electron chi connectivity index (χ3n) is 3.90. The number of hydrazine groups is 1. The van der Waals surface area contributed by atoms with E-state index in [4.69, 9.17) is 5.84 Å². The average Bonchev–Trinajstić information content (AvgIpc) is 3.02. The van der Waals surface area contributed by atoms with Gasteiger partial charge in [-0.25, -0.2) is 0 Å². The van der Waals surface area contributed by atoms with Crippen molar-refractivity contribution in [1.82, 2.24) is 5.43 Å². The van der Waals surface area contributed by atoms with E-state index in [1.165, 1.54) is 11.3 Å². The Bertz CT molecular complexity index is 776. The van der Waals surface area contributed by atoms with Crippen LogP contribution in [0.2, 0.25) is 0 Å². The standard InChI is InChI=1S/C17H17IN3O2/c1-18-21-8-7-11-9-13(5-6-15(11)21)16(22)12-3-2-4-14(10-12)17(23)20-19/h2-6,9-10H,7-8,19H2,1H3,(H,20,23)/q-1. The number of hydrogen-bond acceptors (Lipinski definition) is 4. The third kappa shape index (κ3) is 3.09. The molecule has 0 atom stereocenters. The van der Waals surface area contributed by atoms with E-state index in [-0.39, 0.29) is 27.3 Å². The number of rotatable bonds is 4. The molecule has 0 saturated heterocycles. The zero-order valence-corrected chi connectivity index (χ0v) is 14.8. The second-order valence-corrected chi connectivity index (χ2v) is 7.36. The average molecular weight is 422 g/mol. The van der Waals surface area contributed by atoms with E-state index in [9.17, 15) is 9.59 Å². The van der Waals surface area contributed by atoms with Crippen molar-refractivity contribution in [2.45, 2.75) is 6.42 Å². The number of fused-ring (bicyclic) bond motifs is 1. The summed E-state index contributed by atoms with van der Waals surface area (Å²) in [5, 5.41) is 0. The van der Waals surface area contributed by atoms with Gasteiger partial charge in [0, 0.05) is 0 Å². The van der Waals surface area contributed by atoms with E-state index in [1.54, 1.807) is 24.3 Å². The predicted molar refractivity (Wildman–Crippen MR) is 84.9 cm³/mol. The molecule has 1 aliphatic heterocycles. The van der Waals surface area contributed by atoms with E-state index < -0.39 is 5.91 Å². The Kier molecular flexibility index (Phi) is 4.63. The summed E-state index contributed by atoms with van der Waals surface area (Å²) in [5.41, 5.74) is 6.09. The number of benzene rings is 2. The first kappa shape index (κ1) is 15.9. The molecule has 1 aliphatic rings. The van der Waals surface area contributed by atoms with Crippen LogP contribution in [0.1, 0.15) is 31.8 Å². The van der Waals surface area contributed by atoms with E-state index >= 15 is 0 Å². The fourth-order valence-corrected chi connectivity index (χ4v) is 4.44. The van der Waals surface area contributed by atoms with Crippen molar-refractivity contribution in [3.63, 3.8) is 0 Å². The zero-order chi connectivity index (χ0) is 16.4. The molecule has 0 aromatic heterocycles. The van der Waals surface area contributed by atoms with Gasteiger partial charge >= 0.3 is 145 Å². The molecule has 0 radical (unpaired) electrons. The summed E-state index contributed by atoms with van der Waals surface area (Å²) in [6, 6.07) is 12.5. The number of nitrogens with one attached hydrogen (secondary N) is 1. The van der Waals surface area contributed by atoms with Crippen LogP contribution < -0.4 is 35.9 Å². The number of nitrogen functional groups attached to an aromatic ring is 1. The maximum absolute atomic E-state index is 12.7. The Morgan fingerprint density at radius 3 is 2.61 bits per heavy atom. The topological polar surface area (TPSA) is 75.4 Å². The summed E-state index contributed by atoms with van der Waals surface area (Å²) in [5.74, 6) is 4.66. The minimum absolute atomic E-state index is 0.0227. The first-order chi connectivity index (χ1) is 11.1. The second-order valence-electron chi connectivity index (χ2n) is 5.23. The Morgan fingerprint density at radius 2 is 1.87 bits per heavy atom. The van der Waals surface area contributed by atoms with Crippen molar-refractivity contribution in [2.24, 2.45) is 5.84 Å². The molecular weight excluding hydrogens is 405 g/mol. The molecule has 0 aliphatic carbocycles. The van der Waals surface area contributed by atoms with Gasteiger partial charge in [0.15, 0.2) is 0 Å². The molecule has 1 heterocycles. The van der Waals surface area contributed by atoms with Crippen molar-refractivity contribution in [1.29, 1.82) is 0 Å². The third-order valence-corrected chi connectivity index (χ3v) is 6.07. The molecule has 2 aromatic rings. The van der Waals surface area contributed by atoms with Gasteiger partial charge in [0.1, 0.15) is 0 Å². The van der Waals surface area contributed by atoms with Crippen LogP contribution in [0.3, 0.4) is 0 Å². The Hall–Kier alpha value is -1.93. The number of carbonyl (C=O) groups is 2. The Morgan fingerprint density at radius 1 is 1.13 bits per heavy atom. The van der Waals surface area contributed by atoms with E-state index in [1.807, 2.05) is 18.2 Å². The van der Waals surface area contributed by atoms with Gasteiger partial charge in [0.05, 0.1) is 0 Å². The minimum atomic E-state index is -0.406. The molecule has 3 rings (SSSR count). The quantitative estimate of drug-likeness (QED) is 0.120. The molecule has 1 amide bonds. The fraction of sp³-hybridized carbons (Fsp3) is 0.176. The van der Waals surface area contributed by atoms with Crippen LogP contribution in [-0.2, 0) is 6.42 Å². The van der Waals surface area contributed by atoms with Crippen LogP contribution in [0.25, 0.3) is 0 Å². The molecule has 120 valence electrons. The summed E-state index contributed by atoms with van der Waals surface area (Å²) < 4.78 is 2.41. The van der Waals surface area contributed by atoms with Crippen LogP contribution >= 0.6 is 0 Å². The summed E-state index contributed by atoms with van der Waals surface area (Å²) in [7, 11) is 0. The van der Waals surface area contributed by atoms with Crippen molar-refractivity contribution < 1.29 is 31.1 Å². The van der Waals surface area contributed by atoms with Gasteiger partial charge in [0.25, 0.3) is 0 Å². The van der Waals surface area contributed by atoms with Crippen LogP contribution in [-0.4, -0.2) is 23.2 Å². The van der Waals surface area contributed by atoms with Gasteiger partial charge in [0.2, 0.25) is 0 Å². The Balaban J connectivity index is 1.91. The number of carbonyl (C=O) groups excluding carboxylic acids is 2. The number of ketones is 1. The first-order valence-electron chi connectivity index (χ1n) is 7.20. The number of nitrogens with two attached hydrogens (primary N) is 1. The monoisotopic (exact) mass is 422 g/mol. The molecule has 0 fully saturated rings. The van der Waals surface area contributed by atoms with Crippen molar-refractivity contribution in [3.8, 4) is 0 Å². The predicted octanol–water partition coefficient (Wildman–Crippen LogP) is -1.48. The molecular formula is C17H17IN3O2-. The van der Waals surface area contributed by atoms with Gasteiger partial charge in [-0.1, -0.05) is 0 Å². The normalized spacial score (nSPS) is 13.0. The number of halogens is 1. The van der Waals surface area contributed by atoms with Crippen molar-refractivity contribution in [3.05, 3.63) is 64.7 Å². The molecule has 0 spiro atoms. The molecule has 0 bridgehead atoms. The number of nitrogens with zero attached hydrogens (tertiary/aromatic N) is 1. The van der Waals surface area contributed by atoms with Crippen molar-refractivity contribution in [2.75, 3.05) is 14.6 Å². The maximum atomic E-state index is 12.7. The molecule has 0 unspecified atom stereocenters. The summed E-state index contributed by atoms with van der Waals surface area (Å²) in [4.78, 5) is 26.5. The molecule has 3 N–H and O–H groups in total. The second kappa shape index (κ2) is 6.67. The van der Waals surface area contributed by atoms with Gasteiger partial charge in [-0.15, -0.1) is 0 Å². The molecule has 5 nitrogen and oxygen atoms in total. The van der Waals surface area contributed by atoms with Crippen LogP contribution in [0, 0.1) is 0 Å². The molecule has 2 aromatic carbocycles. The van der Waals surface area contributed by atoms with Crippen LogP contribution in [0.15, 0.2) is 42.5 Å². The van der Waals surface area contributed by atoms with Crippen LogP contribution in [0.4, 0.5) is 5.69 Å². The number of alkyl halides is 1. The number of amides is 1. The van der Waals surface area contributed by atoms with Gasteiger partial charge in [-0.2, -0.15) is 0 Å². The van der Waals surface area contributed by atoms with Gasteiger partial charge in [-0.3, -0.25) is 0 Å². The summed E-state index contributed by atoms with van der Waals surface area (Å²) in [6.45, 7) is 1.04. The molecule has 23 heavy (non-hydrogen) atoms. The van der Waals surface area contributed by atoms with Crippen molar-refractivity contribution >= 4 is 17.4 Å². The molecule has 0 saturated carbocycles. The zero-order valence-electron chi connectivity index (χ0n) is 12.7. The number of anilines is 1. The van der Waals surface area contributed by atoms with Gasteiger partial charge in [-0.05, 0) is 0 Å². The van der Waals surface area contributed by atoms with E-state index in [2.05, 4.69) is 13.5 Å². The van der Waals surface area contributed by atoms with E-state index in [0.29, 0.717) is 16.7 Å². The molecule has 6 heteroatoms. The Labute approximate surface area is 145 Å². The van der Waals surface area contributed by atoms with Crippen LogP contribution in [0.5, 0.6) is 0 Å². The fourth-order valence-electron chi connectivity index (χ4n) is 2.73. The van der Waals surface area contributed by atoms with Gasteiger partial charge < -0.3 is 0 Å². The summed E-state index contributed by atoms with van der Waals surface area (Å²) in [6.07, 6.45) is 0.986. The number of hydrogen-bond donors (Lipinski definition) is 2.